The van der Waals surface area contributed by atoms with E-state index in [-0.39, 0.29) is 18.1 Å². The summed E-state index contributed by atoms with van der Waals surface area (Å²) in [6.45, 7) is 1.81. The first kappa shape index (κ1) is 10.7. The molecule has 1 aromatic heterocycles. The monoisotopic (exact) mass is 299 g/mol. The average molecular weight is 299 g/mol. The molecule has 0 fully saturated rings. The Balaban J connectivity index is 2.20. The maximum atomic E-state index is 8.46. The molecule has 0 unspecified atom stereocenters. The molecular formula is C21H16N2. The minimum Gasteiger partial charge on any atom is -0.233 e. The standard InChI is InChI=1S/C21H16N2/c1-15-22-20(17-11-6-3-7-12-17)19-14-8-13-18(21(19)23-15)16-9-4-2-5-10-16/h2-14H,1H3/i8D,13D,14D. The van der Waals surface area contributed by atoms with Gasteiger partial charge in [-0.1, -0.05) is 78.8 Å². The van der Waals surface area contributed by atoms with Crippen LogP contribution in [-0.4, -0.2) is 9.97 Å². The third kappa shape index (κ3) is 2.49. The van der Waals surface area contributed by atoms with Gasteiger partial charge in [-0.05, 0) is 12.5 Å². The first-order chi connectivity index (χ1) is 12.6. The molecule has 0 aliphatic rings. The SMILES string of the molecule is [2H]c1c([2H])c([2H])c2c(-c3ccccc3)nc(C)nc2c1-c1ccccc1. The van der Waals surface area contributed by atoms with E-state index in [0.717, 1.165) is 11.1 Å². The Kier molecular flexibility index (Phi) is 2.63. The molecule has 23 heavy (non-hydrogen) atoms. The highest BCUT2D eigenvalue weighted by Crippen LogP contribution is 2.32. The zero-order valence-electron chi connectivity index (χ0n) is 15.7. The van der Waals surface area contributed by atoms with E-state index in [1.807, 2.05) is 67.6 Å². The van der Waals surface area contributed by atoms with Crippen molar-refractivity contribution in [2.45, 2.75) is 6.92 Å². The van der Waals surface area contributed by atoms with E-state index in [9.17, 15) is 0 Å². The fraction of sp³-hybridized carbons (Fsp3) is 0.0476. The first-order valence-electron chi connectivity index (χ1n) is 8.97. The fourth-order valence-corrected chi connectivity index (χ4v) is 2.71. The van der Waals surface area contributed by atoms with Gasteiger partial charge in [-0.25, -0.2) is 9.97 Å². The van der Waals surface area contributed by atoms with E-state index >= 15 is 0 Å². The van der Waals surface area contributed by atoms with Gasteiger partial charge in [-0.2, -0.15) is 0 Å². The number of aryl methyl sites for hydroxylation is 1. The average Bonchev–Trinajstić information content (AvgIpc) is 2.67. The number of rotatable bonds is 2. The van der Waals surface area contributed by atoms with Crippen molar-refractivity contribution < 1.29 is 4.11 Å². The smallest absolute Gasteiger partial charge is 0.126 e. The van der Waals surface area contributed by atoms with Gasteiger partial charge >= 0.3 is 0 Å². The van der Waals surface area contributed by atoms with E-state index in [1.165, 1.54) is 0 Å². The summed E-state index contributed by atoms with van der Waals surface area (Å²) in [5.41, 5.74) is 3.43. The van der Waals surface area contributed by atoms with Crippen molar-refractivity contribution in [2.75, 3.05) is 0 Å². The summed E-state index contributed by atoms with van der Waals surface area (Å²) in [5.74, 6) is 0.574. The summed E-state index contributed by atoms with van der Waals surface area (Å²) >= 11 is 0. The van der Waals surface area contributed by atoms with Crippen molar-refractivity contribution >= 4 is 10.9 Å². The third-order valence-electron chi connectivity index (χ3n) is 3.74. The number of aromatic nitrogens is 2. The van der Waals surface area contributed by atoms with E-state index in [4.69, 9.17) is 4.11 Å². The fourth-order valence-electron chi connectivity index (χ4n) is 2.71. The van der Waals surface area contributed by atoms with Crippen molar-refractivity contribution in [1.29, 1.82) is 0 Å². The largest absolute Gasteiger partial charge is 0.233 e. The molecule has 0 saturated carbocycles. The number of para-hydroxylation sites is 1. The maximum absolute atomic E-state index is 8.46. The van der Waals surface area contributed by atoms with Crippen molar-refractivity contribution in [3.05, 3.63) is 84.6 Å². The molecule has 2 nitrogen and oxygen atoms in total. The Morgan fingerprint density at radius 1 is 0.783 bits per heavy atom. The Morgan fingerprint density at radius 2 is 1.43 bits per heavy atom. The van der Waals surface area contributed by atoms with Gasteiger partial charge in [0.15, 0.2) is 0 Å². The van der Waals surface area contributed by atoms with Crippen LogP contribution in [0.4, 0.5) is 0 Å². The summed E-state index contributed by atoms with van der Waals surface area (Å²) in [5, 5.41) is 0.515. The van der Waals surface area contributed by atoms with Crippen LogP contribution in [0.3, 0.4) is 0 Å². The summed E-state index contributed by atoms with van der Waals surface area (Å²) in [7, 11) is 0. The lowest BCUT2D eigenvalue weighted by molar-refractivity contribution is 1.10. The second-order valence-electron chi connectivity index (χ2n) is 5.33. The Bertz CT molecular complexity index is 1110. The predicted octanol–water partition coefficient (Wildman–Crippen LogP) is 5.27. The Morgan fingerprint density at radius 3 is 2.13 bits per heavy atom. The van der Waals surface area contributed by atoms with E-state index < -0.39 is 0 Å². The van der Waals surface area contributed by atoms with E-state index in [2.05, 4.69) is 9.97 Å². The molecule has 0 atom stereocenters. The van der Waals surface area contributed by atoms with Crippen LogP contribution in [-0.2, 0) is 0 Å². The number of nitrogens with zero attached hydrogens (tertiary/aromatic N) is 2. The molecule has 0 spiro atoms. The van der Waals surface area contributed by atoms with Gasteiger partial charge in [0, 0.05) is 16.5 Å². The minimum atomic E-state index is -0.110. The molecule has 2 heteroatoms. The lowest BCUT2D eigenvalue weighted by atomic mass is 9.99. The molecule has 0 radical (unpaired) electrons. The van der Waals surface area contributed by atoms with Gasteiger partial charge in [0.25, 0.3) is 0 Å². The van der Waals surface area contributed by atoms with Crippen LogP contribution in [0.2, 0.25) is 0 Å². The molecule has 0 N–H and O–H groups in total. The van der Waals surface area contributed by atoms with Gasteiger partial charge in [-0.15, -0.1) is 0 Å². The quantitative estimate of drug-likeness (QED) is 0.504. The van der Waals surface area contributed by atoms with Crippen molar-refractivity contribution in [3.8, 4) is 22.4 Å². The van der Waals surface area contributed by atoms with Crippen molar-refractivity contribution in [2.24, 2.45) is 0 Å². The number of benzene rings is 3. The minimum absolute atomic E-state index is 0.0106. The number of hydrogen-bond donors (Lipinski definition) is 0. The lowest BCUT2D eigenvalue weighted by Crippen LogP contribution is -1.95. The van der Waals surface area contributed by atoms with Crippen LogP contribution in [0.25, 0.3) is 33.3 Å². The van der Waals surface area contributed by atoms with Crippen LogP contribution in [0.1, 0.15) is 9.94 Å². The second-order valence-corrected chi connectivity index (χ2v) is 5.33. The number of hydrogen-bond acceptors (Lipinski definition) is 2. The summed E-state index contributed by atoms with van der Waals surface area (Å²) < 4.78 is 25.2. The van der Waals surface area contributed by atoms with Crippen molar-refractivity contribution in [3.63, 3.8) is 0 Å². The van der Waals surface area contributed by atoms with Crippen LogP contribution >= 0.6 is 0 Å². The van der Waals surface area contributed by atoms with Crippen LogP contribution in [0.15, 0.2) is 78.8 Å². The van der Waals surface area contributed by atoms with Crippen molar-refractivity contribution in [1.82, 2.24) is 9.97 Å². The molecule has 3 aromatic carbocycles. The molecule has 0 aliphatic heterocycles. The highest BCUT2D eigenvalue weighted by Gasteiger charge is 2.11. The lowest BCUT2D eigenvalue weighted by Gasteiger charge is -2.11. The van der Waals surface area contributed by atoms with Gasteiger partial charge in [0.1, 0.15) is 5.82 Å². The van der Waals surface area contributed by atoms with Gasteiger partial charge < -0.3 is 0 Å². The molecule has 110 valence electrons. The molecule has 1 heterocycles. The van der Waals surface area contributed by atoms with Crippen LogP contribution in [0, 0.1) is 6.92 Å². The maximum Gasteiger partial charge on any atom is 0.126 e. The molecule has 0 aliphatic carbocycles. The highest BCUT2D eigenvalue weighted by molar-refractivity contribution is 6.00. The van der Waals surface area contributed by atoms with Crippen LogP contribution < -0.4 is 0 Å². The molecule has 0 saturated heterocycles. The van der Waals surface area contributed by atoms with E-state index in [0.29, 0.717) is 28.0 Å². The van der Waals surface area contributed by atoms with Crippen LogP contribution in [0.5, 0.6) is 0 Å². The Labute approximate surface area is 139 Å². The van der Waals surface area contributed by atoms with Gasteiger partial charge in [-0.3, -0.25) is 0 Å². The highest BCUT2D eigenvalue weighted by atomic mass is 14.9. The molecule has 4 aromatic rings. The zero-order chi connectivity index (χ0) is 18.3. The molecular weight excluding hydrogens is 280 g/mol. The third-order valence-corrected chi connectivity index (χ3v) is 3.74. The summed E-state index contributed by atoms with van der Waals surface area (Å²) in [6, 6.07) is 19.0. The second kappa shape index (κ2) is 5.65. The first-order valence-corrected chi connectivity index (χ1v) is 7.47. The van der Waals surface area contributed by atoms with Gasteiger partial charge in [0.05, 0.1) is 15.3 Å². The molecule has 0 amide bonds. The topological polar surface area (TPSA) is 25.8 Å². The molecule has 4 rings (SSSR count). The number of fused-ring (bicyclic) bond motifs is 1. The summed E-state index contributed by atoms with van der Waals surface area (Å²) in [4.78, 5) is 9.13. The zero-order valence-corrected chi connectivity index (χ0v) is 12.7. The predicted molar refractivity (Wildman–Crippen MR) is 95.1 cm³/mol. The Hall–Kier alpha value is -3.00. The summed E-state index contributed by atoms with van der Waals surface area (Å²) in [6.07, 6.45) is 0. The van der Waals surface area contributed by atoms with Gasteiger partial charge in [0.2, 0.25) is 0 Å². The normalized spacial score (nSPS) is 12.7. The molecule has 0 bridgehead atoms. The van der Waals surface area contributed by atoms with E-state index in [1.54, 1.807) is 0 Å².